The van der Waals surface area contributed by atoms with Crippen LogP contribution in [0.2, 0.25) is 0 Å². The molecule has 27 heavy (non-hydrogen) atoms. The molecule has 0 unspecified atom stereocenters. The Labute approximate surface area is 160 Å². The van der Waals surface area contributed by atoms with Crippen molar-refractivity contribution in [3.05, 3.63) is 58.0 Å². The Bertz CT molecular complexity index is 847. The minimum absolute atomic E-state index is 0.0661. The average Bonchev–Trinajstić information content (AvgIpc) is 2.66. The summed E-state index contributed by atoms with van der Waals surface area (Å²) >= 11 is 0. The van der Waals surface area contributed by atoms with Gasteiger partial charge in [0, 0.05) is 30.9 Å². The van der Waals surface area contributed by atoms with E-state index in [1.54, 1.807) is 4.68 Å². The molecule has 1 aliphatic heterocycles. The number of carbonyl (C=O) groups excluding carboxylic acids is 1. The van der Waals surface area contributed by atoms with Crippen LogP contribution < -0.4 is 10.7 Å². The van der Waals surface area contributed by atoms with Crippen molar-refractivity contribution < 1.29 is 4.79 Å². The molecule has 3 rings (SSSR count). The van der Waals surface area contributed by atoms with E-state index in [9.17, 15) is 9.59 Å². The van der Waals surface area contributed by atoms with Crippen LogP contribution in [-0.2, 0) is 0 Å². The molecule has 2 aromatic rings. The first kappa shape index (κ1) is 19.3. The van der Waals surface area contributed by atoms with Gasteiger partial charge in [-0.15, -0.1) is 0 Å². The fourth-order valence-electron chi connectivity index (χ4n) is 3.61. The molecular formula is C21H28N4O2. The molecule has 1 saturated heterocycles. The molecular weight excluding hydrogens is 340 g/mol. The van der Waals surface area contributed by atoms with Gasteiger partial charge in [0.15, 0.2) is 5.69 Å². The summed E-state index contributed by atoms with van der Waals surface area (Å²) in [6, 6.07) is 11.2. The number of hydrogen-bond donors (Lipinski definition) is 1. The largest absolute Gasteiger partial charge is 0.349 e. The second-order valence-corrected chi connectivity index (χ2v) is 7.55. The fourth-order valence-corrected chi connectivity index (χ4v) is 3.61. The predicted octanol–water partition coefficient (Wildman–Crippen LogP) is 2.39. The first-order chi connectivity index (χ1) is 13.0. The summed E-state index contributed by atoms with van der Waals surface area (Å²) in [4.78, 5) is 27.3. The van der Waals surface area contributed by atoms with E-state index in [2.05, 4.69) is 29.2 Å². The average molecular weight is 368 g/mol. The fraction of sp³-hybridized carbons (Fsp3) is 0.476. The van der Waals surface area contributed by atoms with E-state index >= 15 is 0 Å². The first-order valence-electron chi connectivity index (χ1n) is 9.64. The number of para-hydroxylation sites is 1. The highest BCUT2D eigenvalue weighted by Crippen LogP contribution is 2.17. The monoisotopic (exact) mass is 368 g/mol. The Morgan fingerprint density at radius 2 is 2.07 bits per heavy atom. The van der Waals surface area contributed by atoms with Crippen molar-refractivity contribution in [3.63, 3.8) is 0 Å². The van der Waals surface area contributed by atoms with E-state index in [-0.39, 0.29) is 17.2 Å². The van der Waals surface area contributed by atoms with Crippen LogP contribution in [-0.4, -0.2) is 46.3 Å². The van der Waals surface area contributed by atoms with Crippen molar-refractivity contribution in [2.24, 2.45) is 5.92 Å². The third-order valence-corrected chi connectivity index (χ3v) is 5.19. The van der Waals surface area contributed by atoms with Gasteiger partial charge >= 0.3 is 0 Å². The number of benzene rings is 1. The lowest BCUT2D eigenvalue weighted by atomic mass is 9.99. The Kier molecular flexibility index (Phi) is 6.06. The van der Waals surface area contributed by atoms with Gasteiger partial charge in [-0.25, -0.2) is 4.68 Å². The lowest BCUT2D eigenvalue weighted by Gasteiger charge is -2.35. The van der Waals surface area contributed by atoms with Gasteiger partial charge in [-0.05, 0) is 51.3 Å². The summed E-state index contributed by atoms with van der Waals surface area (Å²) in [5, 5.41) is 7.22. The van der Waals surface area contributed by atoms with Crippen LogP contribution in [0.3, 0.4) is 0 Å². The van der Waals surface area contributed by atoms with Crippen molar-refractivity contribution in [3.8, 4) is 5.69 Å². The summed E-state index contributed by atoms with van der Waals surface area (Å²) in [5.41, 5.74) is 1.10. The molecule has 1 aliphatic rings. The molecule has 1 fully saturated rings. The van der Waals surface area contributed by atoms with E-state index in [0.29, 0.717) is 18.2 Å². The standard InChI is InChI=1S/C21H28N4O2/c1-15-8-7-11-24(14-15)17(3)13-22-21(27)20-19(26)12-16(2)25(23-20)18-9-5-4-6-10-18/h4-6,9-10,12,15,17H,7-8,11,13-14H2,1-3H3,(H,22,27)/t15-,17+/m0/s1. The molecule has 2 heterocycles. The van der Waals surface area contributed by atoms with Gasteiger partial charge in [0.2, 0.25) is 5.43 Å². The van der Waals surface area contributed by atoms with Gasteiger partial charge in [0.05, 0.1) is 5.69 Å². The molecule has 1 aromatic carbocycles. The van der Waals surface area contributed by atoms with Crippen molar-refractivity contribution >= 4 is 5.91 Å². The Hall–Kier alpha value is -2.47. The summed E-state index contributed by atoms with van der Waals surface area (Å²) in [5.74, 6) is 0.273. The zero-order valence-electron chi connectivity index (χ0n) is 16.3. The van der Waals surface area contributed by atoms with Crippen molar-refractivity contribution in [2.75, 3.05) is 19.6 Å². The number of piperidine rings is 1. The highest BCUT2D eigenvalue weighted by molar-refractivity contribution is 5.92. The van der Waals surface area contributed by atoms with Crippen molar-refractivity contribution in [1.29, 1.82) is 0 Å². The lowest BCUT2D eigenvalue weighted by Crippen LogP contribution is -2.47. The van der Waals surface area contributed by atoms with E-state index < -0.39 is 5.91 Å². The van der Waals surface area contributed by atoms with E-state index in [4.69, 9.17) is 0 Å². The van der Waals surface area contributed by atoms with Crippen LogP contribution in [0.4, 0.5) is 0 Å². The number of amides is 1. The molecule has 0 aliphatic carbocycles. The minimum atomic E-state index is -0.415. The van der Waals surface area contributed by atoms with Gasteiger partial charge in [-0.3, -0.25) is 14.5 Å². The second-order valence-electron chi connectivity index (χ2n) is 7.55. The summed E-state index contributed by atoms with van der Waals surface area (Å²) < 4.78 is 1.63. The van der Waals surface area contributed by atoms with Crippen LogP contribution >= 0.6 is 0 Å². The lowest BCUT2D eigenvalue weighted by molar-refractivity contribution is 0.0910. The highest BCUT2D eigenvalue weighted by atomic mass is 16.2. The van der Waals surface area contributed by atoms with Crippen LogP contribution in [0.1, 0.15) is 42.9 Å². The molecule has 1 N–H and O–H groups in total. The van der Waals surface area contributed by atoms with E-state index in [1.807, 2.05) is 37.3 Å². The number of aromatic nitrogens is 2. The maximum absolute atomic E-state index is 12.6. The molecule has 2 atom stereocenters. The maximum atomic E-state index is 12.6. The summed E-state index contributed by atoms with van der Waals surface area (Å²) in [6.45, 7) is 8.81. The number of rotatable bonds is 5. The van der Waals surface area contributed by atoms with Crippen molar-refractivity contribution in [1.82, 2.24) is 20.0 Å². The Balaban J connectivity index is 1.72. The molecule has 6 nitrogen and oxygen atoms in total. The van der Waals surface area contributed by atoms with Crippen LogP contribution in [0.5, 0.6) is 0 Å². The molecule has 0 radical (unpaired) electrons. The summed E-state index contributed by atoms with van der Waals surface area (Å²) in [6.07, 6.45) is 2.46. The number of hydrogen-bond acceptors (Lipinski definition) is 4. The molecule has 144 valence electrons. The normalized spacial score (nSPS) is 18.9. The summed E-state index contributed by atoms with van der Waals surface area (Å²) in [7, 11) is 0. The van der Waals surface area contributed by atoms with Gasteiger partial charge in [0.1, 0.15) is 0 Å². The number of nitrogens with zero attached hydrogens (tertiary/aromatic N) is 3. The van der Waals surface area contributed by atoms with Crippen LogP contribution in [0.25, 0.3) is 5.69 Å². The number of aryl methyl sites for hydroxylation is 1. The minimum Gasteiger partial charge on any atom is -0.349 e. The van der Waals surface area contributed by atoms with Gasteiger partial charge in [-0.2, -0.15) is 5.10 Å². The third-order valence-electron chi connectivity index (χ3n) is 5.19. The maximum Gasteiger partial charge on any atom is 0.275 e. The third kappa shape index (κ3) is 4.63. The second kappa shape index (κ2) is 8.48. The van der Waals surface area contributed by atoms with Gasteiger partial charge in [0.25, 0.3) is 5.91 Å². The van der Waals surface area contributed by atoms with Crippen molar-refractivity contribution in [2.45, 2.75) is 39.7 Å². The van der Waals surface area contributed by atoms with Gasteiger partial charge in [-0.1, -0.05) is 25.1 Å². The van der Waals surface area contributed by atoms with Crippen LogP contribution in [0, 0.1) is 12.8 Å². The molecule has 6 heteroatoms. The smallest absolute Gasteiger partial charge is 0.275 e. The predicted molar refractivity (Wildman–Crippen MR) is 106 cm³/mol. The number of carbonyl (C=O) groups is 1. The molecule has 0 saturated carbocycles. The Morgan fingerprint density at radius 3 is 2.78 bits per heavy atom. The van der Waals surface area contributed by atoms with Crippen LogP contribution in [0.15, 0.2) is 41.2 Å². The topological polar surface area (TPSA) is 67.2 Å². The molecule has 1 amide bonds. The van der Waals surface area contributed by atoms with E-state index in [1.165, 1.54) is 18.9 Å². The number of nitrogens with one attached hydrogen (secondary N) is 1. The SMILES string of the molecule is Cc1cc(=O)c(C(=O)NC[C@@H](C)N2CCC[C@H](C)C2)nn1-c1ccccc1. The number of likely N-dealkylation sites (tertiary alicyclic amines) is 1. The zero-order valence-corrected chi connectivity index (χ0v) is 16.3. The molecule has 0 bridgehead atoms. The Morgan fingerprint density at radius 1 is 1.33 bits per heavy atom. The van der Waals surface area contributed by atoms with Gasteiger partial charge < -0.3 is 5.32 Å². The quantitative estimate of drug-likeness (QED) is 0.880. The first-order valence-corrected chi connectivity index (χ1v) is 9.64. The highest BCUT2D eigenvalue weighted by Gasteiger charge is 2.22. The zero-order chi connectivity index (χ0) is 19.4. The molecule has 0 spiro atoms. The molecule has 1 aromatic heterocycles. The van der Waals surface area contributed by atoms with E-state index in [0.717, 1.165) is 18.8 Å².